The maximum Gasteiger partial charge on any atom is 0.257 e. The van der Waals surface area contributed by atoms with Crippen molar-refractivity contribution in [3.8, 4) is 5.75 Å². The fourth-order valence-corrected chi connectivity index (χ4v) is 5.84. The lowest BCUT2D eigenvalue weighted by molar-refractivity contribution is -0.134. The van der Waals surface area contributed by atoms with Crippen LogP contribution in [0.5, 0.6) is 5.75 Å². The van der Waals surface area contributed by atoms with Gasteiger partial charge in [-0.25, -0.2) is 4.39 Å². The lowest BCUT2D eigenvalue weighted by Crippen LogP contribution is -2.54. The van der Waals surface area contributed by atoms with Crippen LogP contribution in [0.15, 0.2) is 42.5 Å². The highest BCUT2D eigenvalue weighted by molar-refractivity contribution is 6.05. The van der Waals surface area contributed by atoms with Crippen molar-refractivity contribution in [1.82, 2.24) is 10.2 Å². The topological polar surface area (TPSA) is 97.0 Å². The summed E-state index contributed by atoms with van der Waals surface area (Å²) in [5.41, 5.74) is 1.09. The van der Waals surface area contributed by atoms with Crippen LogP contribution < -0.4 is 15.4 Å². The first-order valence-corrected chi connectivity index (χ1v) is 13.9. The quantitative estimate of drug-likeness (QED) is 0.564. The second-order valence-corrected chi connectivity index (χ2v) is 10.9. The molecule has 208 valence electrons. The molecule has 3 atom stereocenters. The van der Waals surface area contributed by atoms with Crippen molar-refractivity contribution in [3.05, 3.63) is 59.4 Å². The Labute approximate surface area is 228 Å². The Hall–Kier alpha value is -3.46. The molecule has 0 aromatic heterocycles. The Bertz CT molecular complexity index is 1200. The predicted molar refractivity (Wildman–Crippen MR) is 144 cm³/mol. The maximum absolute atomic E-state index is 13.5. The van der Waals surface area contributed by atoms with E-state index in [9.17, 15) is 18.8 Å². The zero-order valence-corrected chi connectivity index (χ0v) is 22.3. The van der Waals surface area contributed by atoms with Gasteiger partial charge in [0, 0.05) is 24.8 Å². The van der Waals surface area contributed by atoms with Crippen molar-refractivity contribution < 1.29 is 28.2 Å². The minimum Gasteiger partial charge on any atom is -0.490 e. The third-order valence-electron chi connectivity index (χ3n) is 8.10. The lowest BCUT2D eigenvalue weighted by atomic mass is 9.89. The summed E-state index contributed by atoms with van der Waals surface area (Å²) in [7, 11) is 1.75. The monoisotopic (exact) mass is 537 g/mol. The number of ether oxygens (including phenoxy) is 2. The standard InChI is InChI=1S/C30H36FN3O5/c1-34-25-13-12-23(16-28(35)32-17-19-5-3-2-4-6-19)39-27(25)18-38-26-14-11-22(15-24(26)30(34)37)33-29(36)20-7-9-21(31)10-8-20/h7-11,14-15,19,23,25,27H,2-6,12-13,16-18H2,1H3,(H,32,35)(H,33,36)/t23-,25-,27+/m1/s1. The molecule has 1 saturated carbocycles. The summed E-state index contributed by atoms with van der Waals surface area (Å²) in [5, 5.41) is 5.85. The molecule has 2 N–H and O–H groups in total. The van der Waals surface area contributed by atoms with Gasteiger partial charge in [0.1, 0.15) is 24.3 Å². The molecule has 3 amide bonds. The molecule has 8 nitrogen and oxygen atoms in total. The van der Waals surface area contributed by atoms with Gasteiger partial charge in [-0.3, -0.25) is 14.4 Å². The van der Waals surface area contributed by atoms with Crippen LogP contribution in [0.1, 0.15) is 72.1 Å². The summed E-state index contributed by atoms with van der Waals surface area (Å²) in [5.74, 6) is -0.0637. The number of benzene rings is 2. The summed E-state index contributed by atoms with van der Waals surface area (Å²) in [6.45, 7) is 0.984. The van der Waals surface area contributed by atoms with Crippen molar-refractivity contribution in [2.45, 2.75) is 69.6 Å². The summed E-state index contributed by atoms with van der Waals surface area (Å²) in [6, 6.07) is 9.96. The Kier molecular flexibility index (Phi) is 8.45. The van der Waals surface area contributed by atoms with Crippen LogP contribution in [-0.2, 0) is 9.53 Å². The first-order valence-electron chi connectivity index (χ1n) is 13.9. The van der Waals surface area contributed by atoms with Crippen LogP contribution in [0.4, 0.5) is 10.1 Å². The minimum atomic E-state index is -0.423. The van der Waals surface area contributed by atoms with E-state index >= 15 is 0 Å². The van der Waals surface area contributed by atoms with Gasteiger partial charge in [-0.05, 0) is 74.1 Å². The highest BCUT2D eigenvalue weighted by Crippen LogP contribution is 2.33. The van der Waals surface area contributed by atoms with Gasteiger partial charge >= 0.3 is 0 Å². The van der Waals surface area contributed by atoms with Gasteiger partial charge in [-0.2, -0.15) is 0 Å². The molecule has 2 heterocycles. The SMILES string of the molecule is CN1C(=O)c2cc(NC(=O)c3ccc(F)cc3)ccc2OC[C@@H]2O[C@@H](CC(=O)NCC3CCCCC3)CC[C@H]21. The third-order valence-corrected chi connectivity index (χ3v) is 8.10. The Morgan fingerprint density at radius 1 is 1.03 bits per heavy atom. The van der Waals surface area contributed by atoms with Gasteiger partial charge in [0.05, 0.1) is 24.1 Å². The van der Waals surface area contributed by atoms with Crippen LogP contribution in [0, 0.1) is 11.7 Å². The van der Waals surface area contributed by atoms with E-state index in [2.05, 4.69) is 10.6 Å². The lowest BCUT2D eigenvalue weighted by Gasteiger charge is -2.42. The normalized spacial score (nSPS) is 23.5. The highest BCUT2D eigenvalue weighted by Gasteiger charge is 2.39. The molecule has 2 aliphatic heterocycles. The molecule has 9 heteroatoms. The number of likely N-dealkylation sites (N-methyl/N-ethyl adjacent to an activating group) is 1. The van der Waals surface area contributed by atoms with E-state index in [-0.39, 0.29) is 36.7 Å². The predicted octanol–water partition coefficient (Wildman–Crippen LogP) is 4.55. The minimum absolute atomic E-state index is 0.0146. The number of nitrogens with zero attached hydrogens (tertiary/aromatic N) is 1. The van der Waals surface area contributed by atoms with Crippen molar-refractivity contribution >= 4 is 23.4 Å². The Morgan fingerprint density at radius 3 is 2.56 bits per heavy atom. The summed E-state index contributed by atoms with van der Waals surface area (Å²) in [4.78, 5) is 40.3. The first kappa shape index (κ1) is 27.1. The first-order chi connectivity index (χ1) is 18.9. The average Bonchev–Trinajstić information content (AvgIpc) is 2.95. The van der Waals surface area contributed by atoms with Crippen LogP contribution in [0.2, 0.25) is 0 Å². The molecule has 0 bridgehead atoms. The van der Waals surface area contributed by atoms with E-state index in [0.717, 1.165) is 6.54 Å². The van der Waals surface area contributed by atoms with Crippen LogP contribution >= 0.6 is 0 Å². The largest absolute Gasteiger partial charge is 0.490 e. The van der Waals surface area contributed by atoms with Gasteiger partial charge in [-0.1, -0.05) is 19.3 Å². The van der Waals surface area contributed by atoms with Gasteiger partial charge in [0.25, 0.3) is 11.8 Å². The van der Waals surface area contributed by atoms with E-state index in [1.54, 1.807) is 30.1 Å². The number of carbonyl (C=O) groups excluding carboxylic acids is 3. The summed E-state index contributed by atoms with van der Waals surface area (Å²) < 4.78 is 25.5. The van der Waals surface area contributed by atoms with Crippen molar-refractivity contribution in [1.29, 1.82) is 0 Å². The fourth-order valence-electron chi connectivity index (χ4n) is 5.84. The van der Waals surface area contributed by atoms with E-state index in [1.807, 2.05) is 0 Å². The van der Waals surface area contributed by atoms with Crippen LogP contribution in [-0.4, -0.2) is 61.1 Å². The van der Waals surface area contributed by atoms with E-state index in [4.69, 9.17) is 9.47 Å². The molecule has 2 aromatic carbocycles. The molecule has 0 spiro atoms. The number of halogens is 1. The van der Waals surface area contributed by atoms with Crippen molar-refractivity contribution in [2.75, 3.05) is 25.5 Å². The number of anilines is 1. The molecule has 0 unspecified atom stereocenters. The number of fused-ring (bicyclic) bond motifs is 2. The second-order valence-electron chi connectivity index (χ2n) is 10.9. The number of amides is 3. The molecule has 2 fully saturated rings. The zero-order valence-electron chi connectivity index (χ0n) is 22.3. The van der Waals surface area contributed by atoms with Crippen molar-refractivity contribution in [3.63, 3.8) is 0 Å². The smallest absolute Gasteiger partial charge is 0.257 e. The maximum atomic E-state index is 13.5. The van der Waals surface area contributed by atoms with E-state index in [0.29, 0.717) is 47.7 Å². The van der Waals surface area contributed by atoms with Gasteiger partial charge in [-0.15, -0.1) is 0 Å². The number of hydrogen-bond acceptors (Lipinski definition) is 5. The molecular weight excluding hydrogens is 501 g/mol. The molecule has 1 aliphatic carbocycles. The molecule has 2 aromatic rings. The number of carbonyl (C=O) groups is 3. The Morgan fingerprint density at radius 2 is 1.79 bits per heavy atom. The zero-order chi connectivity index (χ0) is 27.4. The molecular formula is C30H36FN3O5. The average molecular weight is 538 g/mol. The molecule has 39 heavy (non-hydrogen) atoms. The summed E-state index contributed by atoms with van der Waals surface area (Å²) >= 11 is 0. The van der Waals surface area contributed by atoms with E-state index in [1.165, 1.54) is 56.4 Å². The molecule has 1 saturated heterocycles. The van der Waals surface area contributed by atoms with Gasteiger partial charge in [0.2, 0.25) is 5.91 Å². The second kappa shape index (κ2) is 12.2. The number of nitrogens with one attached hydrogen (secondary N) is 2. The third kappa shape index (κ3) is 6.58. The van der Waals surface area contributed by atoms with Crippen LogP contribution in [0.3, 0.4) is 0 Å². The summed E-state index contributed by atoms with van der Waals surface area (Å²) in [6.07, 6.45) is 7.28. The number of rotatable bonds is 6. The molecule has 5 rings (SSSR count). The molecule has 3 aliphatic rings. The van der Waals surface area contributed by atoms with Crippen LogP contribution in [0.25, 0.3) is 0 Å². The van der Waals surface area contributed by atoms with Gasteiger partial charge < -0.3 is 25.0 Å². The fraction of sp³-hybridized carbons (Fsp3) is 0.500. The van der Waals surface area contributed by atoms with Crippen molar-refractivity contribution in [2.24, 2.45) is 5.92 Å². The van der Waals surface area contributed by atoms with Gasteiger partial charge in [0.15, 0.2) is 0 Å². The number of hydrogen-bond donors (Lipinski definition) is 2. The Balaban J connectivity index is 1.20. The highest BCUT2D eigenvalue weighted by atomic mass is 19.1. The molecule has 0 radical (unpaired) electrons. The van der Waals surface area contributed by atoms with E-state index < -0.39 is 11.7 Å².